The molecule has 0 saturated carbocycles. The number of ether oxygens (including phenoxy) is 3. The van der Waals surface area contributed by atoms with Crippen LogP contribution in [0.5, 0.6) is 0 Å². The Morgan fingerprint density at radius 2 is 1.05 bits per heavy atom. The van der Waals surface area contributed by atoms with Crippen LogP contribution in [0.2, 0.25) is 0 Å². The SMILES string of the molecule is CC/C=C\CC1OC1C/C=C\C/C=C\C/C=C\C/C=C\CCC(=O)O[C@H](COC(=O)CCCCCCCCCCCCC/C=C\CCCCCCCC)COP(=O)(O)OCC[N+](C)(C)C. The lowest BCUT2D eigenvalue weighted by atomic mass is 10.0. The molecule has 1 aliphatic heterocycles. The fourth-order valence-corrected chi connectivity index (χ4v) is 7.76. The first-order valence-electron chi connectivity index (χ1n) is 25.8. The van der Waals surface area contributed by atoms with Crippen LogP contribution in [-0.2, 0) is 37.4 Å². The molecule has 0 aromatic heterocycles. The van der Waals surface area contributed by atoms with Crippen LogP contribution in [-0.4, -0.2) is 87.1 Å². The molecule has 0 aliphatic carbocycles. The monoisotopic (exact) mass is 933 g/mol. The highest BCUT2D eigenvalue weighted by atomic mass is 31.2. The topological polar surface area (TPSA) is 121 Å². The molecule has 1 N–H and O–H groups in total. The van der Waals surface area contributed by atoms with E-state index in [0.29, 0.717) is 29.7 Å². The quantitative estimate of drug-likeness (QED) is 0.0159. The second kappa shape index (κ2) is 41.6. The summed E-state index contributed by atoms with van der Waals surface area (Å²) in [6.45, 7) is 4.22. The number of carbonyl (C=O) groups excluding carboxylic acids is 2. The molecule has 0 amide bonds. The Hall–Kier alpha value is -2.59. The van der Waals surface area contributed by atoms with E-state index in [2.05, 4.69) is 74.6 Å². The van der Waals surface area contributed by atoms with E-state index in [1.165, 1.54) is 103 Å². The van der Waals surface area contributed by atoms with Gasteiger partial charge in [0, 0.05) is 12.8 Å². The van der Waals surface area contributed by atoms with Crippen molar-refractivity contribution >= 4 is 19.8 Å². The number of hydrogen-bond acceptors (Lipinski definition) is 8. The number of unbranched alkanes of at least 4 members (excludes halogenated alkanes) is 17. The van der Waals surface area contributed by atoms with Crippen molar-refractivity contribution in [1.29, 1.82) is 0 Å². The molecule has 0 radical (unpaired) electrons. The lowest BCUT2D eigenvalue weighted by molar-refractivity contribution is -0.870. The number of nitrogens with zero attached hydrogens (tertiary/aromatic N) is 1. The summed E-state index contributed by atoms with van der Waals surface area (Å²) in [5, 5.41) is 0. The lowest BCUT2D eigenvalue weighted by Gasteiger charge is -2.24. The van der Waals surface area contributed by atoms with E-state index in [-0.39, 0.29) is 26.1 Å². The minimum atomic E-state index is -4.41. The predicted molar refractivity (Wildman–Crippen MR) is 270 cm³/mol. The first-order chi connectivity index (χ1) is 31.5. The maximum atomic E-state index is 12.7. The average Bonchev–Trinajstić information content (AvgIpc) is 4.02. The van der Waals surface area contributed by atoms with E-state index in [1.54, 1.807) is 0 Å². The molecule has 65 heavy (non-hydrogen) atoms. The first-order valence-corrected chi connectivity index (χ1v) is 27.3. The number of phosphoric acid groups is 1. The Morgan fingerprint density at radius 1 is 0.569 bits per heavy atom. The highest BCUT2D eigenvalue weighted by Gasteiger charge is 2.36. The molecule has 0 bridgehead atoms. The van der Waals surface area contributed by atoms with Crippen LogP contribution in [0.25, 0.3) is 0 Å². The Balaban J connectivity index is 2.25. The molecular weight excluding hydrogens is 838 g/mol. The third kappa shape index (κ3) is 42.5. The third-order valence-electron chi connectivity index (χ3n) is 11.1. The zero-order valence-corrected chi connectivity index (χ0v) is 42.8. The van der Waals surface area contributed by atoms with Crippen LogP contribution in [0.15, 0.2) is 72.9 Å². The van der Waals surface area contributed by atoms with E-state index < -0.39 is 32.5 Å². The smallest absolute Gasteiger partial charge is 0.462 e. The molecule has 10 nitrogen and oxygen atoms in total. The summed E-state index contributed by atoms with van der Waals surface area (Å²) >= 11 is 0. The Morgan fingerprint density at radius 3 is 1.58 bits per heavy atom. The van der Waals surface area contributed by atoms with Gasteiger partial charge in [-0.15, -0.1) is 0 Å². The van der Waals surface area contributed by atoms with E-state index in [0.717, 1.165) is 57.8 Å². The van der Waals surface area contributed by atoms with Gasteiger partial charge in [-0.3, -0.25) is 18.6 Å². The Bertz CT molecular complexity index is 1400. The summed E-state index contributed by atoms with van der Waals surface area (Å²) in [5.74, 6) is -0.902. The molecule has 1 rings (SSSR count). The fourth-order valence-electron chi connectivity index (χ4n) is 7.02. The standard InChI is InChI=1S/C54H94NO9P/c1-6-8-10-11-12-13-14-15-16-17-18-19-20-21-22-23-27-30-33-36-40-44-53(56)60-48-50(49-62-65(58,59)61-47-46-55(3,4)5)63-54(57)45-41-37-34-31-28-25-24-26-29-32-35-39-43-52-51(64-52)42-38-9-7-2/h9,15-16,25-26,28-29,34-35,37-39,50-52H,6-8,10-14,17-24,27,30-33,36,40-49H2,1-5H3/p+1/b16-15-,28-25-,29-26-,37-34-,38-9-,39-35-/t50-,51?,52?/m1/s1. The van der Waals surface area contributed by atoms with E-state index >= 15 is 0 Å². The number of epoxide rings is 1. The van der Waals surface area contributed by atoms with Gasteiger partial charge < -0.3 is 23.6 Å². The second-order valence-corrected chi connectivity index (χ2v) is 20.0. The number of likely N-dealkylation sites (N-methyl/N-ethyl adjacent to an activating group) is 1. The van der Waals surface area contributed by atoms with Crippen molar-refractivity contribution in [2.45, 2.75) is 212 Å². The molecular formula is C54H95NO9P+. The number of rotatable bonds is 45. The van der Waals surface area contributed by atoms with Crippen LogP contribution >= 0.6 is 7.82 Å². The number of hydrogen-bond donors (Lipinski definition) is 1. The van der Waals surface area contributed by atoms with Crippen molar-refractivity contribution in [2.24, 2.45) is 0 Å². The van der Waals surface area contributed by atoms with Crippen molar-refractivity contribution in [3.8, 4) is 0 Å². The summed E-state index contributed by atoms with van der Waals surface area (Å²) in [7, 11) is 1.42. The maximum absolute atomic E-state index is 12.7. The third-order valence-corrected chi connectivity index (χ3v) is 12.1. The van der Waals surface area contributed by atoms with Crippen LogP contribution in [0, 0.1) is 0 Å². The number of phosphoric ester groups is 1. The molecule has 11 heteroatoms. The number of quaternary nitrogens is 1. The zero-order valence-electron chi connectivity index (χ0n) is 41.9. The number of carbonyl (C=O) groups is 2. The molecule has 0 spiro atoms. The van der Waals surface area contributed by atoms with Gasteiger partial charge in [0.15, 0.2) is 6.10 Å². The molecule has 1 aliphatic rings. The number of allylic oxidation sites excluding steroid dienone is 10. The Kier molecular flexibility index (Phi) is 38.7. The van der Waals surface area contributed by atoms with Crippen molar-refractivity contribution in [3.05, 3.63) is 72.9 Å². The molecule has 0 aromatic rings. The van der Waals surface area contributed by atoms with Crippen LogP contribution in [0.1, 0.15) is 194 Å². The Labute approximate surface area is 397 Å². The normalized spacial score (nSPS) is 17.1. The first kappa shape index (κ1) is 60.4. The fraction of sp³-hybridized carbons (Fsp3) is 0.741. The average molecular weight is 933 g/mol. The van der Waals surface area contributed by atoms with Crippen molar-refractivity contribution in [2.75, 3.05) is 47.5 Å². The van der Waals surface area contributed by atoms with Gasteiger partial charge >= 0.3 is 19.8 Å². The molecule has 0 aromatic carbocycles. The largest absolute Gasteiger partial charge is 0.472 e. The number of esters is 2. The van der Waals surface area contributed by atoms with E-state index in [1.807, 2.05) is 33.3 Å². The summed E-state index contributed by atoms with van der Waals surface area (Å²) in [6.07, 6.45) is 55.8. The summed E-state index contributed by atoms with van der Waals surface area (Å²) in [6, 6.07) is 0. The van der Waals surface area contributed by atoms with Gasteiger partial charge in [-0.2, -0.15) is 0 Å². The van der Waals surface area contributed by atoms with E-state index in [4.69, 9.17) is 23.3 Å². The zero-order chi connectivity index (χ0) is 47.5. The van der Waals surface area contributed by atoms with Gasteiger partial charge in [-0.1, -0.05) is 177 Å². The van der Waals surface area contributed by atoms with Gasteiger partial charge in [-0.25, -0.2) is 4.57 Å². The van der Waals surface area contributed by atoms with Gasteiger partial charge in [0.05, 0.1) is 40.0 Å². The maximum Gasteiger partial charge on any atom is 0.472 e. The van der Waals surface area contributed by atoms with Crippen LogP contribution < -0.4 is 0 Å². The summed E-state index contributed by atoms with van der Waals surface area (Å²) in [5.41, 5.74) is 0. The molecule has 1 heterocycles. The molecule has 1 saturated heterocycles. The van der Waals surface area contributed by atoms with Crippen molar-refractivity contribution < 1.29 is 46.8 Å². The highest BCUT2D eigenvalue weighted by Crippen LogP contribution is 2.43. The molecule has 4 atom stereocenters. The van der Waals surface area contributed by atoms with Crippen LogP contribution in [0.4, 0.5) is 0 Å². The molecule has 1 fully saturated rings. The molecule has 374 valence electrons. The van der Waals surface area contributed by atoms with Crippen molar-refractivity contribution in [1.82, 2.24) is 0 Å². The van der Waals surface area contributed by atoms with Gasteiger partial charge in [0.2, 0.25) is 0 Å². The minimum absolute atomic E-state index is 0.0132. The molecule has 3 unspecified atom stereocenters. The van der Waals surface area contributed by atoms with Crippen molar-refractivity contribution in [3.63, 3.8) is 0 Å². The van der Waals surface area contributed by atoms with Gasteiger partial charge in [0.25, 0.3) is 0 Å². The predicted octanol–water partition coefficient (Wildman–Crippen LogP) is 14.3. The summed E-state index contributed by atoms with van der Waals surface area (Å²) in [4.78, 5) is 35.5. The lowest BCUT2D eigenvalue weighted by Crippen LogP contribution is -2.37. The van der Waals surface area contributed by atoms with Crippen LogP contribution in [0.3, 0.4) is 0 Å². The minimum Gasteiger partial charge on any atom is -0.462 e. The van der Waals surface area contributed by atoms with Gasteiger partial charge in [0.1, 0.15) is 19.8 Å². The highest BCUT2D eigenvalue weighted by molar-refractivity contribution is 7.47. The second-order valence-electron chi connectivity index (χ2n) is 18.6. The van der Waals surface area contributed by atoms with Gasteiger partial charge in [-0.05, 0) is 77.0 Å². The summed E-state index contributed by atoms with van der Waals surface area (Å²) < 4.78 is 40.0. The van der Waals surface area contributed by atoms with E-state index in [9.17, 15) is 19.0 Å².